The molecule has 15 heteroatoms. The number of alkyl carbamates (subject to hydrolysis) is 2. The number of ether oxygens (including phenoxy) is 2. The number of hydrogen-bond donors (Lipinski definition) is 4. The fourth-order valence-electron chi connectivity index (χ4n) is 7.85. The molecule has 2 aromatic carbocycles. The second-order valence-electron chi connectivity index (χ2n) is 15.3. The van der Waals surface area contributed by atoms with Crippen molar-refractivity contribution in [3.8, 4) is 22.4 Å². The predicted octanol–water partition coefficient (Wildman–Crippen LogP) is 6.26. The predicted molar refractivity (Wildman–Crippen MR) is 210 cm³/mol. The first-order valence-corrected chi connectivity index (χ1v) is 19.2. The zero-order chi connectivity index (χ0) is 39.7. The van der Waals surface area contributed by atoms with Gasteiger partial charge >= 0.3 is 12.2 Å². The molecule has 2 saturated heterocycles. The fourth-order valence-corrected chi connectivity index (χ4v) is 7.85. The smallest absolute Gasteiger partial charge is 0.407 e. The number of rotatable bonds is 10. The van der Waals surface area contributed by atoms with Gasteiger partial charge in [-0.15, -0.1) is 0 Å². The number of benzene rings is 2. The number of aromatic amines is 2. The Kier molecular flexibility index (Phi) is 10.9. The highest BCUT2D eigenvalue weighted by atomic mass is 16.5. The molecule has 15 nitrogen and oxygen atoms in total. The van der Waals surface area contributed by atoms with E-state index in [-0.39, 0.29) is 35.7 Å². The lowest BCUT2D eigenvalue weighted by molar-refractivity contribution is -0.136. The summed E-state index contributed by atoms with van der Waals surface area (Å²) in [4.78, 5) is 76.0. The molecule has 4 N–H and O–H groups in total. The quantitative estimate of drug-likeness (QED) is 0.127. The van der Waals surface area contributed by atoms with Crippen LogP contribution in [0.5, 0.6) is 0 Å². The Bertz CT molecular complexity index is 2260. The number of nitrogens with zero attached hydrogens (tertiary/aromatic N) is 5. The number of carbonyl (C=O) groups is 4. The third kappa shape index (κ3) is 7.62. The molecule has 56 heavy (non-hydrogen) atoms. The highest BCUT2D eigenvalue weighted by molar-refractivity contribution is 5.90. The van der Waals surface area contributed by atoms with E-state index in [1.807, 2.05) is 57.0 Å². The summed E-state index contributed by atoms with van der Waals surface area (Å²) in [6.45, 7) is 8.76. The van der Waals surface area contributed by atoms with Gasteiger partial charge in [0, 0.05) is 30.2 Å². The van der Waals surface area contributed by atoms with Crippen LogP contribution in [0.15, 0.2) is 54.9 Å². The Labute approximate surface area is 324 Å². The van der Waals surface area contributed by atoms with E-state index in [1.54, 1.807) is 11.1 Å². The van der Waals surface area contributed by atoms with Crippen molar-refractivity contribution in [2.45, 2.75) is 77.5 Å². The van der Waals surface area contributed by atoms with Gasteiger partial charge in [0.2, 0.25) is 11.8 Å². The Morgan fingerprint density at radius 2 is 1.29 bits per heavy atom. The van der Waals surface area contributed by atoms with Gasteiger partial charge in [0.25, 0.3) is 0 Å². The normalized spacial score (nSPS) is 18.1. The first kappa shape index (κ1) is 38.3. The molecule has 294 valence electrons. The average molecular weight is 764 g/mol. The van der Waals surface area contributed by atoms with Crippen molar-refractivity contribution in [1.82, 2.24) is 45.4 Å². The van der Waals surface area contributed by atoms with Crippen molar-refractivity contribution in [3.05, 3.63) is 66.5 Å². The van der Waals surface area contributed by atoms with Crippen LogP contribution in [-0.2, 0) is 19.1 Å². The van der Waals surface area contributed by atoms with Crippen LogP contribution in [0.2, 0.25) is 0 Å². The van der Waals surface area contributed by atoms with Crippen LogP contribution in [0, 0.1) is 11.8 Å². The molecule has 0 saturated carbocycles. The summed E-state index contributed by atoms with van der Waals surface area (Å²) in [6.07, 6.45) is 5.54. The van der Waals surface area contributed by atoms with Gasteiger partial charge in [0.15, 0.2) is 0 Å². The molecule has 0 radical (unpaired) electrons. The standard InChI is InChI=1S/C41H49N9O6/c1-22(2)34(47-40(53)55-5)38(51)49-15-7-9-32(49)36-43-21-31(46-36)27-17-26-12-11-24(18-29(26)42-20-27)25-13-14-28-30(19-25)45-37(44-28)33-10-8-16-50(33)39(52)35(23(3)4)48-41(54)56-6/h11-14,17-23,32-35H,7-10,15-16H2,1-6H3,(H,43,46)(H,44,45)(H,47,53)(H,48,54). The molecule has 0 aliphatic carbocycles. The highest BCUT2D eigenvalue weighted by Gasteiger charge is 2.39. The van der Waals surface area contributed by atoms with Gasteiger partial charge < -0.3 is 39.9 Å². The van der Waals surface area contributed by atoms with Gasteiger partial charge in [0.1, 0.15) is 23.7 Å². The van der Waals surface area contributed by atoms with Crippen molar-refractivity contribution in [1.29, 1.82) is 0 Å². The number of likely N-dealkylation sites (tertiary alicyclic amines) is 2. The molecule has 2 fully saturated rings. The van der Waals surface area contributed by atoms with Crippen molar-refractivity contribution < 1.29 is 28.7 Å². The third-order valence-electron chi connectivity index (χ3n) is 10.9. The molecule has 4 amide bonds. The highest BCUT2D eigenvalue weighted by Crippen LogP contribution is 2.35. The van der Waals surface area contributed by atoms with Crippen LogP contribution in [0.25, 0.3) is 44.3 Å². The SMILES string of the molecule is COC(=O)NC(C(=O)N1CCCC1c1ncc(-c2cnc3cc(-c4ccc5nc(C6CCCN6C(=O)C(NC(=O)OC)C(C)C)[nH]c5c4)ccc3c2)[nH]1)C(C)C. The minimum Gasteiger partial charge on any atom is -0.453 e. The molecule has 4 unspecified atom stereocenters. The first-order valence-electron chi connectivity index (χ1n) is 19.2. The Hall–Kier alpha value is -5.99. The van der Waals surface area contributed by atoms with Crippen LogP contribution < -0.4 is 10.6 Å². The van der Waals surface area contributed by atoms with Crippen LogP contribution >= 0.6 is 0 Å². The summed E-state index contributed by atoms with van der Waals surface area (Å²) in [5, 5.41) is 6.36. The van der Waals surface area contributed by atoms with Crippen molar-refractivity contribution in [2.75, 3.05) is 27.3 Å². The van der Waals surface area contributed by atoms with Crippen molar-refractivity contribution >= 4 is 45.9 Å². The van der Waals surface area contributed by atoms with Gasteiger partial charge in [-0.1, -0.05) is 45.9 Å². The topological polar surface area (TPSA) is 188 Å². The number of fused-ring (bicyclic) bond motifs is 2. The number of pyridine rings is 1. The second kappa shape index (κ2) is 16.0. The maximum atomic E-state index is 13.6. The maximum absolute atomic E-state index is 13.6. The van der Waals surface area contributed by atoms with E-state index in [2.05, 4.69) is 49.9 Å². The van der Waals surface area contributed by atoms with E-state index < -0.39 is 24.3 Å². The number of hydrogen-bond acceptors (Lipinski definition) is 9. The lowest BCUT2D eigenvalue weighted by atomic mass is 10.0. The number of methoxy groups -OCH3 is 2. The van der Waals surface area contributed by atoms with Crippen LogP contribution in [-0.4, -0.2) is 98.1 Å². The Morgan fingerprint density at radius 3 is 1.89 bits per heavy atom. The maximum Gasteiger partial charge on any atom is 0.407 e. The lowest BCUT2D eigenvalue weighted by Crippen LogP contribution is -2.51. The van der Waals surface area contributed by atoms with Gasteiger partial charge in [-0.25, -0.2) is 19.6 Å². The fraction of sp³-hybridized carbons (Fsp3) is 0.439. The van der Waals surface area contributed by atoms with E-state index in [9.17, 15) is 19.2 Å². The summed E-state index contributed by atoms with van der Waals surface area (Å²) < 4.78 is 9.53. The number of amides is 4. The summed E-state index contributed by atoms with van der Waals surface area (Å²) in [6, 6.07) is 12.5. The van der Waals surface area contributed by atoms with Crippen LogP contribution in [0.4, 0.5) is 9.59 Å². The molecular formula is C41H49N9O6. The summed E-state index contributed by atoms with van der Waals surface area (Å²) in [7, 11) is 2.57. The molecule has 7 rings (SSSR count). The van der Waals surface area contributed by atoms with Gasteiger partial charge in [-0.2, -0.15) is 0 Å². The molecular weight excluding hydrogens is 715 g/mol. The minimum atomic E-state index is -0.701. The molecule has 2 aliphatic heterocycles. The van der Waals surface area contributed by atoms with E-state index in [0.717, 1.165) is 75.8 Å². The van der Waals surface area contributed by atoms with Gasteiger partial charge in [-0.05, 0) is 72.9 Å². The zero-order valence-electron chi connectivity index (χ0n) is 32.6. The number of imidazole rings is 2. The third-order valence-corrected chi connectivity index (χ3v) is 10.9. The van der Waals surface area contributed by atoms with Crippen LogP contribution in [0.3, 0.4) is 0 Å². The van der Waals surface area contributed by atoms with E-state index in [4.69, 9.17) is 19.4 Å². The van der Waals surface area contributed by atoms with Crippen LogP contribution in [0.1, 0.15) is 77.1 Å². The Balaban J connectivity index is 1.07. The number of aromatic nitrogens is 5. The summed E-state index contributed by atoms with van der Waals surface area (Å²) >= 11 is 0. The molecule has 5 heterocycles. The lowest BCUT2D eigenvalue weighted by Gasteiger charge is -2.30. The summed E-state index contributed by atoms with van der Waals surface area (Å²) in [5.74, 6) is 0.890. The van der Waals surface area contributed by atoms with Gasteiger partial charge in [0.05, 0.1) is 54.7 Å². The molecule has 3 aromatic heterocycles. The van der Waals surface area contributed by atoms with Crippen molar-refractivity contribution in [2.24, 2.45) is 11.8 Å². The van der Waals surface area contributed by atoms with E-state index in [0.29, 0.717) is 18.9 Å². The molecule has 0 spiro atoms. The molecule has 2 aliphatic rings. The van der Waals surface area contributed by atoms with E-state index in [1.165, 1.54) is 14.2 Å². The van der Waals surface area contributed by atoms with E-state index >= 15 is 0 Å². The van der Waals surface area contributed by atoms with Crippen molar-refractivity contribution in [3.63, 3.8) is 0 Å². The van der Waals surface area contributed by atoms with Gasteiger partial charge in [-0.3, -0.25) is 14.6 Å². The second-order valence-corrected chi connectivity index (χ2v) is 15.3. The number of nitrogens with one attached hydrogen (secondary N) is 4. The average Bonchev–Trinajstić information content (AvgIpc) is 4.03. The molecule has 0 bridgehead atoms. The zero-order valence-corrected chi connectivity index (χ0v) is 32.6. The molecule has 5 aromatic rings. The first-order chi connectivity index (χ1) is 26.9. The summed E-state index contributed by atoms with van der Waals surface area (Å²) in [5.41, 5.74) is 6.18. The molecule has 4 atom stereocenters. The Morgan fingerprint density at radius 1 is 0.696 bits per heavy atom. The largest absolute Gasteiger partial charge is 0.453 e. The monoisotopic (exact) mass is 763 g/mol. The minimum absolute atomic E-state index is 0.114. The number of H-pyrrole nitrogens is 2. The number of carbonyl (C=O) groups excluding carboxylic acids is 4.